The van der Waals surface area contributed by atoms with Crippen LogP contribution in [-0.2, 0) is 0 Å². The van der Waals surface area contributed by atoms with Gasteiger partial charge in [-0.25, -0.2) is 5.26 Å². The maximum atomic E-state index is 8.65. The van der Waals surface area contributed by atoms with Crippen LogP contribution in [0.1, 0.15) is 0 Å². The minimum absolute atomic E-state index is 0.169. The first-order valence-electron chi connectivity index (χ1n) is 3.22. The number of phenolic OH excluding ortho intramolecular Hbond substituents is 2. The topological polar surface area (TPSA) is 112 Å². The van der Waals surface area contributed by atoms with Crippen LogP contribution in [0.3, 0.4) is 0 Å². The molecule has 0 fully saturated rings. The van der Waals surface area contributed by atoms with Crippen LogP contribution in [0.4, 0.5) is 0 Å². The van der Waals surface area contributed by atoms with Gasteiger partial charge >= 0.3 is 0 Å². The Hall–Kier alpha value is -2.71. The zero-order chi connectivity index (χ0) is 11.4. The zero-order valence-corrected chi connectivity index (χ0v) is 7.12. The molecule has 0 bridgehead atoms. The van der Waals surface area contributed by atoms with Crippen molar-refractivity contribution in [3.63, 3.8) is 0 Å². The quantitative estimate of drug-likeness (QED) is 0.597. The first-order valence-corrected chi connectivity index (χ1v) is 3.22. The molecule has 0 aromatic heterocycles. The lowest BCUT2D eigenvalue weighted by atomic mass is 10.3. The Balaban J connectivity index is 0. The summed E-state index contributed by atoms with van der Waals surface area (Å²) in [7, 11) is 0. The molecule has 1 rings (SSSR count). The van der Waals surface area contributed by atoms with Gasteiger partial charge in [-0.3, -0.25) is 0 Å². The fraction of sp³-hybridized carbons (Fsp3) is 0. The summed E-state index contributed by atoms with van der Waals surface area (Å²) in [4.78, 5) is 0. The summed E-state index contributed by atoms with van der Waals surface area (Å²) >= 11 is 0. The molecule has 5 nitrogen and oxygen atoms in total. The average Bonchev–Trinajstić information content (AvgIpc) is 2.26. The maximum Gasteiger partial charge on any atom is 0.181 e. The number of nitrogens with zero attached hydrogens (tertiary/aromatic N) is 3. The molecule has 0 heterocycles. The minimum Gasteiger partial charge on any atom is -0.508 e. The molecule has 1 aromatic carbocycles. The highest BCUT2D eigenvalue weighted by atomic mass is 16.3. The number of nitriles is 3. The van der Waals surface area contributed by atoms with Gasteiger partial charge < -0.3 is 10.2 Å². The fourth-order valence-corrected chi connectivity index (χ4v) is 0.453. The first kappa shape index (κ1) is 13.9. The lowest BCUT2D eigenvalue weighted by Crippen LogP contribution is -1.61. The molecule has 0 unspecified atom stereocenters. The van der Waals surface area contributed by atoms with E-state index >= 15 is 0 Å². The van der Waals surface area contributed by atoms with Crippen LogP contribution < -0.4 is 0 Å². The smallest absolute Gasteiger partial charge is 0.181 e. The van der Waals surface area contributed by atoms with E-state index < -0.39 is 0 Å². The molecule has 0 aliphatic carbocycles. The van der Waals surface area contributed by atoms with Crippen molar-refractivity contribution in [3.8, 4) is 30.2 Å². The molecule has 1 aromatic rings. The average molecular weight is 189 g/mol. The second kappa shape index (κ2) is 10.3. The Bertz CT molecular complexity index is 310. The van der Waals surface area contributed by atoms with E-state index in [-0.39, 0.29) is 11.5 Å². The van der Waals surface area contributed by atoms with E-state index in [2.05, 4.69) is 6.57 Å². The van der Waals surface area contributed by atoms with E-state index in [1.165, 1.54) is 36.4 Å². The summed E-state index contributed by atoms with van der Waals surface area (Å²) < 4.78 is 0. The van der Waals surface area contributed by atoms with Crippen molar-refractivity contribution in [2.45, 2.75) is 0 Å². The second-order valence-electron chi connectivity index (χ2n) is 1.74. The number of hydrogen-bond donors (Lipinski definition) is 2. The van der Waals surface area contributed by atoms with Gasteiger partial charge in [0.2, 0.25) is 0 Å². The molecule has 0 aliphatic rings. The maximum absolute atomic E-state index is 8.65. The second-order valence-corrected chi connectivity index (χ2v) is 1.74. The number of hydrogen-bond acceptors (Lipinski definition) is 5. The summed E-state index contributed by atoms with van der Waals surface area (Å²) in [5, 5.41) is 38.3. The molecule has 2 N–H and O–H groups in total. The largest absolute Gasteiger partial charge is 0.508 e. The first-order chi connectivity index (χ1) is 6.70. The monoisotopic (exact) mass is 189 g/mol. The van der Waals surface area contributed by atoms with Gasteiger partial charge in [-0.2, -0.15) is 10.5 Å². The molecule has 0 aliphatic heterocycles. The summed E-state index contributed by atoms with van der Waals surface area (Å²) in [6.07, 6.45) is 0. The Morgan fingerprint density at radius 1 is 0.857 bits per heavy atom. The highest BCUT2D eigenvalue weighted by Crippen LogP contribution is 2.13. The lowest BCUT2D eigenvalue weighted by molar-refractivity contribution is 0.460. The van der Waals surface area contributed by atoms with Crippen molar-refractivity contribution in [1.82, 2.24) is 0 Å². The van der Waals surface area contributed by atoms with E-state index in [0.29, 0.717) is 0 Å². The third-order valence-electron chi connectivity index (χ3n) is 0.900. The number of rotatable bonds is 0. The van der Waals surface area contributed by atoms with Crippen LogP contribution in [0.2, 0.25) is 0 Å². The normalized spacial score (nSPS) is 6.00. The number of benzene rings is 1. The summed E-state index contributed by atoms with van der Waals surface area (Å²) in [5.41, 5.74) is 0. The Morgan fingerprint density at radius 2 is 1.07 bits per heavy atom. The van der Waals surface area contributed by atoms with Gasteiger partial charge in [-0.15, -0.1) is 0 Å². The molecule has 70 valence electrons. The molecule has 0 spiro atoms. The van der Waals surface area contributed by atoms with Gasteiger partial charge in [-0.05, 0) is 24.3 Å². The van der Waals surface area contributed by atoms with E-state index in [1.54, 1.807) is 0 Å². The van der Waals surface area contributed by atoms with Crippen LogP contribution >= 0.6 is 0 Å². The van der Waals surface area contributed by atoms with E-state index in [0.717, 1.165) is 0 Å². The molecule has 0 radical (unpaired) electrons. The van der Waals surface area contributed by atoms with Gasteiger partial charge in [0, 0.05) is 6.57 Å². The van der Waals surface area contributed by atoms with Gasteiger partial charge in [-0.1, -0.05) is 0 Å². The van der Waals surface area contributed by atoms with Crippen LogP contribution in [-0.4, -0.2) is 10.2 Å². The Morgan fingerprint density at radius 3 is 1.21 bits per heavy atom. The van der Waals surface area contributed by atoms with E-state index in [1.807, 2.05) is 0 Å². The molecule has 0 saturated heterocycles. The third kappa shape index (κ3) is 9.29. The molecule has 0 saturated carbocycles. The van der Waals surface area contributed by atoms with E-state index in [4.69, 9.17) is 26.0 Å². The van der Waals surface area contributed by atoms with Crippen molar-refractivity contribution < 1.29 is 10.2 Å². The molecular weight excluding hydrogens is 182 g/mol. The predicted molar refractivity (Wildman–Crippen MR) is 47.7 cm³/mol. The summed E-state index contributed by atoms with van der Waals surface area (Å²) in [6, 6.07) is 8.18. The highest BCUT2D eigenvalue weighted by Gasteiger charge is 1.84. The molecular formula is C9H7N3O2. The van der Waals surface area contributed by atoms with Crippen LogP contribution in [0, 0.1) is 34.5 Å². The zero-order valence-electron chi connectivity index (χ0n) is 7.12. The SMILES string of the molecule is C#N.N#CC#N.Oc1ccc(O)cc1. The van der Waals surface area contributed by atoms with Crippen LogP contribution in [0.25, 0.3) is 0 Å². The van der Waals surface area contributed by atoms with Crippen molar-refractivity contribution >= 4 is 0 Å². The Kier molecular flexibility index (Phi) is 10.2. The number of aromatic hydroxyl groups is 2. The van der Waals surface area contributed by atoms with Crippen LogP contribution in [0.5, 0.6) is 11.5 Å². The number of phenols is 2. The van der Waals surface area contributed by atoms with Gasteiger partial charge in [0.05, 0.1) is 0 Å². The molecule has 0 amide bonds. The van der Waals surface area contributed by atoms with Gasteiger partial charge in [0.1, 0.15) is 11.5 Å². The Labute approximate surface area is 81.3 Å². The standard InChI is InChI=1S/C6H6O2.C2N2.CHN/c7-5-1-2-6(8)4-3-5;3-1-2-4;1-2/h1-4,7-8H;;1H. The molecule has 0 atom stereocenters. The summed E-state index contributed by atoms with van der Waals surface area (Å²) in [5.74, 6) is 0.339. The summed E-state index contributed by atoms with van der Waals surface area (Å²) in [6.45, 7) is 3.50. The molecule has 5 heteroatoms. The van der Waals surface area contributed by atoms with Gasteiger partial charge in [0.15, 0.2) is 12.1 Å². The van der Waals surface area contributed by atoms with Gasteiger partial charge in [0.25, 0.3) is 0 Å². The van der Waals surface area contributed by atoms with Crippen LogP contribution in [0.15, 0.2) is 24.3 Å². The molecule has 14 heavy (non-hydrogen) atoms. The highest BCUT2D eigenvalue weighted by molar-refractivity contribution is 5.28. The fourth-order valence-electron chi connectivity index (χ4n) is 0.453. The van der Waals surface area contributed by atoms with Crippen molar-refractivity contribution in [2.75, 3.05) is 0 Å². The van der Waals surface area contributed by atoms with Crippen molar-refractivity contribution in [3.05, 3.63) is 24.3 Å². The lowest BCUT2D eigenvalue weighted by Gasteiger charge is -1.88. The van der Waals surface area contributed by atoms with Crippen molar-refractivity contribution in [2.24, 2.45) is 0 Å². The minimum atomic E-state index is 0.169. The third-order valence-corrected chi connectivity index (χ3v) is 0.900. The van der Waals surface area contributed by atoms with E-state index in [9.17, 15) is 0 Å². The predicted octanol–water partition coefficient (Wildman–Crippen LogP) is 1.27. The van der Waals surface area contributed by atoms with Crippen molar-refractivity contribution in [1.29, 1.82) is 15.8 Å².